The number of benzene rings is 2. The summed E-state index contributed by atoms with van der Waals surface area (Å²) in [6.07, 6.45) is 0. The van der Waals surface area contributed by atoms with Gasteiger partial charge in [0.1, 0.15) is 11.6 Å². The molecule has 2 N–H and O–H groups in total. The third-order valence-electron chi connectivity index (χ3n) is 3.50. The van der Waals surface area contributed by atoms with E-state index in [2.05, 4.69) is 11.5 Å². The average molecular weight is 302 g/mol. The molecule has 0 unspecified atom stereocenters. The maximum Gasteiger partial charge on any atom is 0.142 e. The number of methoxy groups -OCH3 is 1. The number of hydrogen-bond donors (Lipinski definition) is 1. The van der Waals surface area contributed by atoms with Crippen molar-refractivity contribution in [2.45, 2.75) is 13.5 Å². The number of ether oxygens (including phenoxy) is 1. The lowest BCUT2D eigenvalue weighted by atomic mass is 10.2. The van der Waals surface area contributed by atoms with Gasteiger partial charge in [-0.25, -0.2) is 4.98 Å². The highest BCUT2D eigenvalue weighted by atomic mass is 35.5. The van der Waals surface area contributed by atoms with Gasteiger partial charge in [-0.15, -0.1) is 0 Å². The highest BCUT2D eigenvalue weighted by Crippen LogP contribution is 2.32. The Morgan fingerprint density at radius 3 is 2.76 bits per heavy atom. The van der Waals surface area contributed by atoms with Gasteiger partial charge in [-0.05, 0) is 37.3 Å². The highest BCUT2D eigenvalue weighted by Gasteiger charge is 2.15. The fourth-order valence-corrected chi connectivity index (χ4v) is 2.68. The zero-order chi connectivity index (χ0) is 15.0. The predicted molar refractivity (Wildman–Crippen MR) is 86.8 cm³/mol. The van der Waals surface area contributed by atoms with Gasteiger partial charge in [0, 0.05) is 23.9 Å². The third-order valence-corrected chi connectivity index (χ3v) is 3.83. The first kappa shape index (κ1) is 13.8. The number of fused-ring (bicyclic) bond motifs is 1. The van der Waals surface area contributed by atoms with Gasteiger partial charge in [-0.1, -0.05) is 11.6 Å². The van der Waals surface area contributed by atoms with E-state index in [0.29, 0.717) is 10.7 Å². The largest absolute Gasteiger partial charge is 0.497 e. The smallest absolute Gasteiger partial charge is 0.142 e. The molecule has 0 radical (unpaired) electrons. The molecule has 1 heterocycles. The van der Waals surface area contributed by atoms with E-state index >= 15 is 0 Å². The van der Waals surface area contributed by atoms with Crippen LogP contribution in [0, 0.1) is 0 Å². The molecule has 0 atom stereocenters. The molecule has 4 nitrogen and oxygen atoms in total. The minimum Gasteiger partial charge on any atom is -0.497 e. The molecule has 0 aliphatic heterocycles. The first-order chi connectivity index (χ1) is 10.1. The lowest BCUT2D eigenvalue weighted by Gasteiger charge is -2.08. The number of nitrogens with two attached hydrogens (primary N) is 1. The van der Waals surface area contributed by atoms with Crippen LogP contribution in [0.15, 0.2) is 36.4 Å². The summed E-state index contributed by atoms with van der Waals surface area (Å²) >= 11 is 6.31. The first-order valence-electron chi connectivity index (χ1n) is 6.73. The van der Waals surface area contributed by atoms with E-state index in [1.54, 1.807) is 19.2 Å². The van der Waals surface area contributed by atoms with Gasteiger partial charge in [0.25, 0.3) is 0 Å². The van der Waals surface area contributed by atoms with Crippen molar-refractivity contribution < 1.29 is 4.74 Å². The number of imidazole rings is 1. The molecule has 0 saturated carbocycles. The van der Waals surface area contributed by atoms with Crippen molar-refractivity contribution in [1.29, 1.82) is 0 Å². The van der Waals surface area contributed by atoms with E-state index in [-0.39, 0.29) is 0 Å². The zero-order valence-electron chi connectivity index (χ0n) is 11.9. The number of hydrogen-bond acceptors (Lipinski definition) is 3. The molecule has 0 fully saturated rings. The van der Waals surface area contributed by atoms with Gasteiger partial charge in [0.05, 0.1) is 23.2 Å². The van der Waals surface area contributed by atoms with Crippen LogP contribution in [0.25, 0.3) is 22.4 Å². The van der Waals surface area contributed by atoms with Crippen molar-refractivity contribution in [1.82, 2.24) is 9.55 Å². The van der Waals surface area contributed by atoms with Crippen molar-refractivity contribution in [3.05, 3.63) is 41.4 Å². The van der Waals surface area contributed by atoms with E-state index in [1.165, 1.54) is 0 Å². The molecule has 0 amide bonds. The Hall–Kier alpha value is -2.20. The number of halogens is 1. The topological polar surface area (TPSA) is 53.1 Å². The van der Waals surface area contributed by atoms with E-state index < -0.39 is 0 Å². The summed E-state index contributed by atoms with van der Waals surface area (Å²) in [4.78, 5) is 4.71. The summed E-state index contributed by atoms with van der Waals surface area (Å²) in [7, 11) is 1.65. The monoisotopic (exact) mass is 301 g/mol. The van der Waals surface area contributed by atoms with Gasteiger partial charge in [-0.3, -0.25) is 0 Å². The van der Waals surface area contributed by atoms with Crippen molar-refractivity contribution in [2.24, 2.45) is 0 Å². The molecule has 2 aromatic carbocycles. The first-order valence-corrected chi connectivity index (χ1v) is 7.11. The maximum absolute atomic E-state index is 6.31. The second-order valence-corrected chi connectivity index (χ2v) is 5.18. The highest BCUT2D eigenvalue weighted by molar-refractivity contribution is 6.33. The minimum absolute atomic E-state index is 0.640. The van der Waals surface area contributed by atoms with Crippen molar-refractivity contribution >= 4 is 28.3 Å². The van der Waals surface area contributed by atoms with Crippen LogP contribution in [0.3, 0.4) is 0 Å². The Balaban J connectivity index is 2.29. The fraction of sp³-hybridized carbons (Fsp3) is 0.188. The molecule has 108 valence electrons. The number of nitrogens with zero attached hydrogens (tertiary/aromatic N) is 2. The van der Waals surface area contributed by atoms with Crippen LogP contribution in [0.5, 0.6) is 5.75 Å². The normalized spacial score (nSPS) is 11.0. The Bertz CT molecular complexity index is 811. The van der Waals surface area contributed by atoms with E-state index in [4.69, 9.17) is 27.1 Å². The molecule has 0 saturated heterocycles. The van der Waals surface area contributed by atoms with Gasteiger partial charge >= 0.3 is 0 Å². The van der Waals surface area contributed by atoms with Gasteiger partial charge in [0.15, 0.2) is 0 Å². The molecule has 3 rings (SSSR count). The Labute approximate surface area is 128 Å². The van der Waals surface area contributed by atoms with Crippen LogP contribution in [0.2, 0.25) is 5.02 Å². The number of nitrogen functional groups attached to an aromatic ring is 1. The summed E-state index contributed by atoms with van der Waals surface area (Å²) < 4.78 is 7.38. The Kier molecular flexibility index (Phi) is 3.47. The van der Waals surface area contributed by atoms with Crippen molar-refractivity contribution in [3.8, 4) is 17.1 Å². The molecule has 0 spiro atoms. The molecule has 1 aromatic heterocycles. The van der Waals surface area contributed by atoms with Crippen LogP contribution in [-0.4, -0.2) is 16.7 Å². The molecule has 0 aliphatic rings. The lowest BCUT2D eigenvalue weighted by Crippen LogP contribution is -1.98. The molecule has 5 heteroatoms. The van der Waals surface area contributed by atoms with Gasteiger partial charge in [-0.2, -0.15) is 0 Å². The molecular weight excluding hydrogens is 286 g/mol. The number of aryl methyl sites for hydroxylation is 1. The van der Waals surface area contributed by atoms with Crippen LogP contribution >= 0.6 is 11.6 Å². The quantitative estimate of drug-likeness (QED) is 0.745. The van der Waals surface area contributed by atoms with Crippen molar-refractivity contribution in [3.63, 3.8) is 0 Å². The van der Waals surface area contributed by atoms with Gasteiger partial charge in [0.2, 0.25) is 0 Å². The predicted octanol–water partition coefficient (Wildman–Crippen LogP) is 3.97. The maximum atomic E-state index is 6.31. The molecule has 0 bridgehead atoms. The Morgan fingerprint density at radius 2 is 2.05 bits per heavy atom. The molecule has 0 aliphatic carbocycles. The van der Waals surface area contributed by atoms with Crippen molar-refractivity contribution in [2.75, 3.05) is 12.8 Å². The summed E-state index contributed by atoms with van der Waals surface area (Å²) in [6.45, 7) is 2.87. The number of aromatic nitrogens is 2. The standard InChI is InChI=1S/C16H16ClN3O/c1-3-20-15-7-5-11(21-2)9-14(15)19-16(20)12-8-10(18)4-6-13(12)17/h4-9H,3,18H2,1-2H3. The summed E-state index contributed by atoms with van der Waals surface area (Å²) in [5, 5.41) is 0.640. The summed E-state index contributed by atoms with van der Waals surface area (Å²) in [5.74, 6) is 1.60. The van der Waals surface area contributed by atoms with Crippen LogP contribution in [-0.2, 0) is 6.54 Å². The second-order valence-electron chi connectivity index (χ2n) is 4.77. The molecular formula is C16H16ClN3O. The Morgan fingerprint density at radius 1 is 1.24 bits per heavy atom. The van der Waals surface area contributed by atoms with E-state index in [0.717, 1.165) is 34.7 Å². The minimum atomic E-state index is 0.640. The second kappa shape index (κ2) is 5.30. The van der Waals surface area contributed by atoms with Gasteiger partial charge < -0.3 is 15.0 Å². The van der Waals surface area contributed by atoms with Crippen LogP contribution < -0.4 is 10.5 Å². The summed E-state index contributed by atoms with van der Waals surface area (Å²) in [5.41, 5.74) is 9.32. The van der Waals surface area contributed by atoms with Crippen LogP contribution in [0.1, 0.15) is 6.92 Å². The third kappa shape index (κ3) is 2.32. The fourth-order valence-electron chi connectivity index (χ4n) is 2.48. The average Bonchev–Trinajstić information content (AvgIpc) is 2.86. The zero-order valence-corrected chi connectivity index (χ0v) is 12.7. The van der Waals surface area contributed by atoms with E-state index in [9.17, 15) is 0 Å². The summed E-state index contributed by atoms with van der Waals surface area (Å²) in [6, 6.07) is 11.3. The SMILES string of the molecule is CCn1c(-c2cc(N)ccc2Cl)nc2cc(OC)ccc21. The van der Waals surface area contributed by atoms with Crippen LogP contribution in [0.4, 0.5) is 5.69 Å². The number of rotatable bonds is 3. The van der Waals surface area contributed by atoms with E-state index in [1.807, 2.05) is 24.3 Å². The molecule has 21 heavy (non-hydrogen) atoms. The molecule has 3 aromatic rings. The lowest BCUT2D eigenvalue weighted by molar-refractivity contribution is 0.415. The number of anilines is 1.